The van der Waals surface area contributed by atoms with Gasteiger partial charge in [0.2, 0.25) is 5.79 Å². The van der Waals surface area contributed by atoms with Gasteiger partial charge in [-0.1, -0.05) is 27.2 Å². The van der Waals surface area contributed by atoms with Gasteiger partial charge in [-0.25, -0.2) is 9.78 Å². The molecule has 4 nitrogen and oxygen atoms in total. The van der Waals surface area contributed by atoms with Crippen molar-refractivity contribution in [3.8, 4) is 0 Å². The fraction of sp³-hybridized carbons (Fsp3) is 1.00. The van der Waals surface area contributed by atoms with Crippen molar-refractivity contribution >= 4 is 0 Å². The molecule has 1 saturated carbocycles. The van der Waals surface area contributed by atoms with E-state index in [1.165, 1.54) is 6.42 Å². The van der Waals surface area contributed by atoms with E-state index in [2.05, 4.69) is 20.8 Å². The van der Waals surface area contributed by atoms with Crippen molar-refractivity contribution in [1.29, 1.82) is 0 Å². The molecule has 1 fully saturated rings. The number of rotatable bonds is 5. The molecule has 1 rings (SSSR count). The van der Waals surface area contributed by atoms with Crippen LogP contribution in [0.15, 0.2) is 0 Å². The minimum Gasteiger partial charge on any atom is -0.228 e. The van der Waals surface area contributed by atoms with Crippen LogP contribution >= 0.6 is 0 Å². The summed E-state index contributed by atoms with van der Waals surface area (Å²) < 4.78 is 0. The predicted octanol–water partition coefficient (Wildman–Crippen LogP) is 5.41. The van der Waals surface area contributed by atoms with Crippen molar-refractivity contribution in [3.05, 3.63) is 0 Å². The van der Waals surface area contributed by atoms with Crippen LogP contribution in [-0.4, -0.2) is 17.0 Å². The van der Waals surface area contributed by atoms with Crippen molar-refractivity contribution in [1.82, 2.24) is 0 Å². The smallest absolute Gasteiger partial charge is 0.228 e. The van der Waals surface area contributed by atoms with Crippen LogP contribution < -0.4 is 0 Å². The number of hydrogen-bond acceptors (Lipinski definition) is 4. The normalized spacial score (nSPS) is 29.6. The minimum absolute atomic E-state index is 0.167. The van der Waals surface area contributed by atoms with E-state index >= 15 is 0 Å². The third-order valence-corrected chi connectivity index (χ3v) is 3.94. The predicted molar refractivity (Wildman–Crippen MR) is 88.0 cm³/mol. The van der Waals surface area contributed by atoms with Crippen molar-refractivity contribution in [3.63, 3.8) is 0 Å². The highest BCUT2D eigenvalue weighted by atomic mass is 17.3. The van der Waals surface area contributed by atoms with Gasteiger partial charge in [0.05, 0.1) is 11.2 Å². The Morgan fingerprint density at radius 2 is 1.36 bits per heavy atom. The summed E-state index contributed by atoms with van der Waals surface area (Å²) in [7, 11) is 0. The summed E-state index contributed by atoms with van der Waals surface area (Å²) >= 11 is 0. The zero-order chi connectivity index (χ0) is 17.2. The van der Waals surface area contributed by atoms with Crippen LogP contribution in [0.1, 0.15) is 88.0 Å². The third-order valence-electron chi connectivity index (χ3n) is 3.94. The zero-order valence-corrected chi connectivity index (χ0v) is 16.0. The van der Waals surface area contributed by atoms with Gasteiger partial charge < -0.3 is 0 Å². The molecule has 1 aliphatic carbocycles. The van der Waals surface area contributed by atoms with E-state index in [0.717, 1.165) is 19.3 Å². The van der Waals surface area contributed by atoms with Crippen molar-refractivity contribution in [2.75, 3.05) is 0 Å². The van der Waals surface area contributed by atoms with Crippen LogP contribution in [0.2, 0.25) is 0 Å². The van der Waals surface area contributed by atoms with Crippen LogP contribution in [0.4, 0.5) is 0 Å². The second kappa shape index (κ2) is 6.76. The average Bonchev–Trinajstić information content (AvgIpc) is 2.32. The van der Waals surface area contributed by atoms with E-state index in [-0.39, 0.29) is 16.6 Å². The Morgan fingerprint density at radius 3 is 1.73 bits per heavy atom. The van der Waals surface area contributed by atoms with Gasteiger partial charge in [-0.05, 0) is 59.3 Å². The maximum Gasteiger partial charge on any atom is 0.234 e. The Kier molecular flexibility index (Phi) is 6.11. The molecule has 0 aromatic rings. The lowest BCUT2D eigenvalue weighted by Gasteiger charge is -2.47. The van der Waals surface area contributed by atoms with E-state index in [1.807, 2.05) is 41.5 Å². The van der Waals surface area contributed by atoms with Gasteiger partial charge in [-0.3, -0.25) is 0 Å². The molecule has 0 aromatic heterocycles. The monoisotopic (exact) mass is 316 g/mol. The first kappa shape index (κ1) is 19.9. The molecule has 1 aliphatic rings. The summed E-state index contributed by atoms with van der Waals surface area (Å²) in [5.74, 6) is -0.353. The largest absolute Gasteiger partial charge is 0.234 e. The molecule has 0 spiro atoms. The summed E-state index contributed by atoms with van der Waals surface area (Å²) in [5.41, 5.74) is -0.608. The highest BCUT2D eigenvalue weighted by Gasteiger charge is 2.49. The molecule has 0 bridgehead atoms. The highest BCUT2D eigenvalue weighted by Crippen LogP contribution is 2.49. The van der Waals surface area contributed by atoms with E-state index < -0.39 is 5.79 Å². The first-order valence-electron chi connectivity index (χ1n) is 8.52. The SMILES string of the molecule is CCC1(C)CC(C)CC(OOC(C)(C)C)(OOC(C)(C)C)C1. The maximum atomic E-state index is 5.85. The molecule has 0 saturated heterocycles. The first-order valence-corrected chi connectivity index (χ1v) is 8.52. The van der Waals surface area contributed by atoms with Gasteiger partial charge in [-0.2, -0.15) is 9.78 Å². The molecular weight excluding hydrogens is 280 g/mol. The molecule has 2 atom stereocenters. The summed E-state index contributed by atoms with van der Waals surface area (Å²) in [4.78, 5) is 22.9. The van der Waals surface area contributed by atoms with Crippen LogP contribution in [0.3, 0.4) is 0 Å². The van der Waals surface area contributed by atoms with Crippen molar-refractivity contribution < 1.29 is 19.6 Å². The molecule has 0 aliphatic heterocycles. The van der Waals surface area contributed by atoms with E-state index in [4.69, 9.17) is 19.6 Å². The molecule has 0 aromatic carbocycles. The van der Waals surface area contributed by atoms with Gasteiger partial charge in [0.15, 0.2) is 0 Å². The standard InChI is InChI=1S/C18H36O4/c1-10-17(9)11-14(2)12-18(13-17,21-19-15(3,4)5)22-20-16(6,7)8/h14H,10-13H2,1-9H3. The molecular formula is C18H36O4. The molecule has 2 unspecified atom stereocenters. The molecule has 0 amide bonds. The fourth-order valence-electron chi connectivity index (χ4n) is 3.05. The Bertz CT molecular complexity index is 335. The molecule has 0 heterocycles. The fourth-order valence-corrected chi connectivity index (χ4v) is 3.05. The lowest BCUT2D eigenvalue weighted by atomic mass is 9.67. The summed E-state index contributed by atoms with van der Waals surface area (Å²) in [5, 5.41) is 0. The Hall–Kier alpha value is -0.160. The second-order valence-corrected chi connectivity index (χ2v) is 9.32. The Morgan fingerprint density at radius 1 is 0.909 bits per heavy atom. The topological polar surface area (TPSA) is 36.9 Å². The molecule has 22 heavy (non-hydrogen) atoms. The second-order valence-electron chi connectivity index (χ2n) is 9.32. The van der Waals surface area contributed by atoms with Crippen LogP contribution in [0.5, 0.6) is 0 Å². The summed E-state index contributed by atoms with van der Waals surface area (Å²) in [6.07, 6.45) is 3.79. The quantitative estimate of drug-likeness (QED) is 0.386. The lowest BCUT2D eigenvalue weighted by Crippen LogP contribution is -2.49. The average molecular weight is 316 g/mol. The van der Waals surface area contributed by atoms with Crippen molar-refractivity contribution in [2.45, 2.75) is 105 Å². The maximum absolute atomic E-state index is 5.85. The molecule has 4 heteroatoms. The molecule has 0 radical (unpaired) electrons. The number of hydrogen-bond donors (Lipinski definition) is 0. The third kappa shape index (κ3) is 6.53. The molecule has 0 N–H and O–H groups in total. The van der Waals surface area contributed by atoms with E-state index in [1.54, 1.807) is 0 Å². The Labute approximate surface area is 136 Å². The summed E-state index contributed by atoms with van der Waals surface area (Å²) in [6.45, 7) is 18.6. The van der Waals surface area contributed by atoms with Crippen LogP contribution in [0.25, 0.3) is 0 Å². The van der Waals surface area contributed by atoms with Crippen LogP contribution in [-0.2, 0) is 19.6 Å². The molecule has 132 valence electrons. The Balaban J connectivity index is 2.93. The first-order chi connectivity index (χ1) is 9.78. The summed E-state index contributed by atoms with van der Waals surface area (Å²) in [6, 6.07) is 0. The van der Waals surface area contributed by atoms with E-state index in [9.17, 15) is 0 Å². The van der Waals surface area contributed by atoms with E-state index in [0.29, 0.717) is 5.92 Å². The van der Waals surface area contributed by atoms with Gasteiger partial charge in [0.25, 0.3) is 0 Å². The van der Waals surface area contributed by atoms with Gasteiger partial charge in [-0.15, -0.1) is 0 Å². The van der Waals surface area contributed by atoms with Gasteiger partial charge >= 0.3 is 0 Å². The minimum atomic E-state index is -0.844. The van der Waals surface area contributed by atoms with Gasteiger partial charge in [0, 0.05) is 12.8 Å². The zero-order valence-electron chi connectivity index (χ0n) is 16.0. The van der Waals surface area contributed by atoms with Crippen molar-refractivity contribution in [2.24, 2.45) is 11.3 Å². The van der Waals surface area contributed by atoms with Gasteiger partial charge in [0.1, 0.15) is 0 Å². The highest BCUT2D eigenvalue weighted by molar-refractivity contribution is 4.90. The lowest BCUT2D eigenvalue weighted by molar-refractivity contribution is -0.551. The van der Waals surface area contributed by atoms with Crippen LogP contribution in [0, 0.1) is 11.3 Å².